The number of carbonyl (C=O) groups excluding carboxylic acids is 1. The molecule has 1 N–H and O–H groups in total. The van der Waals surface area contributed by atoms with Crippen molar-refractivity contribution < 1.29 is 4.79 Å². The van der Waals surface area contributed by atoms with Crippen LogP contribution in [0.3, 0.4) is 0 Å². The Balaban J connectivity index is 1.44. The van der Waals surface area contributed by atoms with Gasteiger partial charge in [-0.25, -0.2) is 0 Å². The van der Waals surface area contributed by atoms with Crippen LogP contribution in [0.5, 0.6) is 0 Å². The van der Waals surface area contributed by atoms with Gasteiger partial charge in [0, 0.05) is 18.8 Å². The van der Waals surface area contributed by atoms with Gasteiger partial charge in [0.05, 0.1) is 5.25 Å². The monoisotopic (exact) mass is 382 g/mol. The van der Waals surface area contributed by atoms with Crippen molar-refractivity contribution in [2.75, 3.05) is 13.1 Å². The number of likely N-dealkylation sites (tertiary alicyclic amines) is 1. The molecule has 1 atom stereocenters. The summed E-state index contributed by atoms with van der Waals surface area (Å²) in [6, 6.07) is 18.9. The lowest BCUT2D eigenvalue weighted by atomic mass is 10.1. The van der Waals surface area contributed by atoms with E-state index in [1.807, 2.05) is 25.1 Å². The number of benzene rings is 2. The minimum absolute atomic E-state index is 0.0539. The van der Waals surface area contributed by atoms with Crippen LogP contribution in [0.15, 0.2) is 54.6 Å². The normalized spacial score (nSPS) is 16.0. The summed E-state index contributed by atoms with van der Waals surface area (Å²) in [4.78, 5) is 14.9. The van der Waals surface area contributed by atoms with Gasteiger partial charge in [0.2, 0.25) is 5.91 Å². The van der Waals surface area contributed by atoms with Crippen LogP contribution < -0.4 is 5.32 Å². The summed E-state index contributed by atoms with van der Waals surface area (Å²) in [5.41, 5.74) is 3.78. The third kappa shape index (κ3) is 6.71. The van der Waals surface area contributed by atoms with Crippen molar-refractivity contribution in [3.63, 3.8) is 0 Å². The first-order valence-corrected chi connectivity index (χ1v) is 11.0. The van der Waals surface area contributed by atoms with Crippen LogP contribution in [0.1, 0.15) is 42.9 Å². The Hall–Kier alpha value is -1.78. The van der Waals surface area contributed by atoms with Gasteiger partial charge in [0.15, 0.2) is 0 Å². The van der Waals surface area contributed by atoms with Crippen LogP contribution in [0, 0.1) is 0 Å². The molecule has 0 unspecified atom stereocenters. The summed E-state index contributed by atoms with van der Waals surface area (Å²) in [5, 5.41) is 3.04. The molecule has 1 fully saturated rings. The zero-order valence-corrected chi connectivity index (χ0v) is 17.0. The molecule has 3 nitrogen and oxygen atoms in total. The van der Waals surface area contributed by atoms with E-state index >= 15 is 0 Å². The van der Waals surface area contributed by atoms with Crippen LogP contribution in [0.2, 0.25) is 0 Å². The van der Waals surface area contributed by atoms with Crippen LogP contribution in [0.4, 0.5) is 0 Å². The fourth-order valence-electron chi connectivity index (χ4n) is 3.42. The largest absolute Gasteiger partial charge is 0.351 e. The number of piperidine rings is 1. The SMILES string of the molecule is C[C@@H](SCc1ccccc1)C(=O)NCc1cccc(CN2CCCCC2)c1. The number of rotatable bonds is 8. The van der Waals surface area contributed by atoms with Crippen molar-refractivity contribution in [1.29, 1.82) is 0 Å². The van der Waals surface area contributed by atoms with E-state index in [4.69, 9.17) is 0 Å². The van der Waals surface area contributed by atoms with Gasteiger partial charge < -0.3 is 5.32 Å². The molecule has 1 aliphatic rings. The van der Waals surface area contributed by atoms with Crippen molar-refractivity contribution in [3.8, 4) is 0 Å². The van der Waals surface area contributed by atoms with Gasteiger partial charge in [-0.1, -0.05) is 61.0 Å². The first-order valence-electron chi connectivity index (χ1n) is 9.94. The van der Waals surface area contributed by atoms with Gasteiger partial charge in [-0.3, -0.25) is 9.69 Å². The first kappa shape index (κ1) is 20.0. The first-order chi connectivity index (χ1) is 13.2. The molecule has 2 aromatic carbocycles. The second-order valence-electron chi connectivity index (χ2n) is 7.31. The molecule has 0 saturated carbocycles. The van der Waals surface area contributed by atoms with Gasteiger partial charge in [-0.2, -0.15) is 0 Å². The third-order valence-electron chi connectivity index (χ3n) is 5.03. The Labute approximate surface area is 167 Å². The zero-order valence-electron chi connectivity index (χ0n) is 16.2. The van der Waals surface area contributed by atoms with Crippen molar-refractivity contribution in [2.24, 2.45) is 0 Å². The van der Waals surface area contributed by atoms with Crippen molar-refractivity contribution in [3.05, 3.63) is 71.3 Å². The van der Waals surface area contributed by atoms with E-state index in [-0.39, 0.29) is 11.2 Å². The topological polar surface area (TPSA) is 32.3 Å². The van der Waals surface area contributed by atoms with E-state index in [2.05, 4.69) is 46.6 Å². The lowest BCUT2D eigenvalue weighted by Crippen LogP contribution is -2.31. The smallest absolute Gasteiger partial charge is 0.233 e. The number of nitrogens with one attached hydrogen (secondary N) is 1. The summed E-state index contributed by atoms with van der Waals surface area (Å²) < 4.78 is 0. The molecule has 0 radical (unpaired) electrons. The quantitative estimate of drug-likeness (QED) is 0.723. The number of carbonyl (C=O) groups is 1. The van der Waals surface area contributed by atoms with Gasteiger partial charge in [0.25, 0.3) is 0 Å². The van der Waals surface area contributed by atoms with Gasteiger partial charge in [-0.15, -0.1) is 11.8 Å². The number of nitrogens with zero attached hydrogens (tertiary/aromatic N) is 1. The molecule has 0 spiro atoms. The summed E-state index contributed by atoms with van der Waals surface area (Å²) in [5.74, 6) is 0.971. The van der Waals surface area contributed by atoms with Crippen LogP contribution in [-0.4, -0.2) is 29.1 Å². The van der Waals surface area contributed by atoms with E-state index < -0.39 is 0 Å². The van der Waals surface area contributed by atoms with Crippen LogP contribution in [-0.2, 0) is 23.6 Å². The lowest BCUT2D eigenvalue weighted by Gasteiger charge is -2.26. The third-order valence-corrected chi connectivity index (χ3v) is 6.24. The summed E-state index contributed by atoms with van der Waals surface area (Å²) in [6.07, 6.45) is 3.99. The molecule has 0 bridgehead atoms. The number of hydrogen-bond donors (Lipinski definition) is 1. The molecule has 1 saturated heterocycles. The van der Waals surface area contributed by atoms with Crippen molar-refractivity contribution in [1.82, 2.24) is 10.2 Å². The van der Waals surface area contributed by atoms with Gasteiger partial charge >= 0.3 is 0 Å². The Morgan fingerprint density at radius 3 is 2.48 bits per heavy atom. The second kappa shape index (κ2) is 10.5. The molecule has 27 heavy (non-hydrogen) atoms. The molecule has 2 aromatic rings. The van der Waals surface area contributed by atoms with E-state index in [9.17, 15) is 4.79 Å². The van der Waals surface area contributed by atoms with E-state index in [0.29, 0.717) is 6.54 Å². The Morgan fingerprint density at radius 2 is 1.70 bits per heavy atom. The number of thioether (sulfide) groups is 1. The van der Waals surface area contributed by atoms with Gasteiger partial charge in [0.1, 0.15) is 0 Å². The minimum Gasteiger partial charge on any atom is -0.351 e. The number of hydrogen-bond acceptors (Lipinski definition) is 3. The van der Waals surface area contributed by atoms with Crippen molar-refractivity contribution >= 4 is 17.7 Å². The molecule has 144 valence electrons. The van der Waals surface area contributed by atoms with E-state index in [1.165, 1.54) is 49.0 Å². The Kier molecular flexibility index (Phi) is 7.79. The molecule has 4 heteroatoms. The fourth-order valence-corrected chi connectivity index (χ4v) is 4.29. The minimum atomic E-state index is -0.0539. The summed E-state index contributed by atoms with van der Waals surface area (Å²) in [7, 11) is 0. The highest BCUT2D eigenvalue weighted by atomic mass is 32.2. The molecule has 1 amide bonds. The highest BCUT2D eigenvalue weighted by Gasteiger charge is 2.14. The number of amides is 1. The second-order valence-corrected chi connectivity index (χ2v) is 8.64. The van der Waals surface area contributed by atoms with Crippen LogP contribution in [0.25, 0.3) is 0 Å². The van der Waals surface area contributed by atoms with Crippen LogP contribution >= 0.6 is 11.8 Å². The Bertz CT molecular complexity index is 713. The highest BCUT2D eigenvalue weighted by Crippen LogP contribution is 2.18. The maximum Gasteiger partial charge on any atom is 0.233 e. The molecular formula is C23H30N2OS. The zero-order chi connectivity index (χ0) is 18.9. The fraction of sp³-hybridized carbons (Fsp3) is 0.435. The molecule has 1 heterocycles. The summed E-state index contributed by atoms with van der Waals surface area (Å²) >= 11 is 1.68. The molecular weight excluding hydrogens is 352 g/mol. The standard InChI is InChI=1S/C23H30N2OS/c1-19(27-18-20-9-4-2-5-10-20)23(26)24-16-21-11-8-12-22(15-21)17-25-13-6-3-7-14-25/h2,4-5,8-12,15,19H,3,6-7,13-14,16-18H2,1H3,(H,24,26)/t19-/m1/s1. The molecule has 0 aromatic heterocycles. The molecule has 0 aliphatic carbocycles. The lowest BCUT2D eigenvalue weighted by molar-refractivity contribution is -0.120. The maximum absolute atomic E-state index is 12.4. The maximum atomic E-state index is 12.4. The highest BCUT2D eigenvalue weighted by molar-refractivity contribution is 7.99. The van der Waals surface area contributed by atoms with Gasteiger partial charge in [-0.05, 0) is 49.5 Å². The predicted octanol–water partition coefficient (Wildman–Crippen LogP) is 4.61. The Morgan fingerprint density at radius 1 is 1.00 bits per heavy atom. The van der Waals surface area contributed by atoms with E-state index in [0.717, 1.165) is 12.3 Å². The average molecular weight is 383 g/mol. The van der Waals surface area contributed by atoms with Crippen molar-refractivity contribution in [2.45, 2.75) is 50.3 Å². The molecule has 3 rings (SSSR count). The predicted molar refractivity (Wildman–Crippen MR) is 115 cm³/mol. The average Bonchev–Trinajstić information content (AvgIpc) is 2.72. The van der Waals surface area contributed by atoms with E-state index in [1.54, 1.807) is 11.8 Å². The molecule has 1 aliphatic heterocycles. The summed E-state index contributed by atoms with van der Waals surface area (Å²) in [6.45, 7) is 6.01.